The lowest BCUT2D eigenvalue weighted by Gasteiger charge is -2.10. The number of hydrogen-bond acceptors (Lipinski definition) is 5. The average Bonchev–Trinajstić information content (AvgIpc) is 3.13. The molecule has 4 bridgehead atoms. The van der Waals surface area contributed by atoms with E-state index in [1.165, 1.54) is 0 Å². The third kappa shape index (κ3) is 4.09. The van der Waals surface area contributed by atoms with Gasteiger partial charge in [-0.3, -0.25) is 5.10 Å². The van der Waals surface area contributed by atoms with Crippen molar-refractivity contribution in [2.24, 2.45) is 0 Å². The van der Waals surface area contributed by atoms with Crippen molar-refractivity contribution in [1.82, 2.24) is 15.5 Å². The van der Waals surface area contributed by atoms with Gasteiger partial charge in [-0.1, -0.05) is 6.07 Å². The smallest absolute Gasteiger partial charge is 0.407 e. The highest BCUT2D eigenvalue weighted by Crippen LogP contribution is 2.31. The maximum atomic E-state index is 11.9. The number of H-pyrrole nitrogens is 1. The summed E-state index contributed by atoms with van der Waals surface area (Å²) in [6, 6.07) is 12.0. The molecular formula is C21H23N3O4. The van der Waals surface area contributed by atoms with Gasteiger partial charge in [0, 0.05) is 24.6 Å². The fourth-order valence-corrected chi connectivity index (χ4v) is 3.30. The molecule has 4 rings (SSSR count). The monoisotopic (exact) mass is 381 g/mol. The molecule has 2 aromatic carbocycles. The number of nitrogens with zero attached hydrogens (tertiary/aromatic N) is 1. The minimum absolute atomic E-state index is 0.198. The van der Waals surface area contributed by atoms with Crippen LogP contribution in [0.3, 0.4) is 0 Å². The van der Waals surface area contributed by atoms with Crippen LogP contribution >= 0.6 is 0 Å². The number of ether oxygens (including phenoxy) is 3. The molecule has 0 saturated heterocycles. The number of alkyl carbamates (subject to hydrolysis) is 1. The summed E-state index contributed by atoms with van der Waals surface area (Å²) in [4.78, 5) is 11.9. The summed E-state index contributed by atoms with van der Waals surface area (Å²) in [5, 5.41) is 11.4. The Morgan fingerprint density at radius 1 is 1.18 bits per heavy atom. The Labute approximate surface area is 163 Å². The molecule has 1 amide bonds. The summed E-state index contributed by atoms with van der Waals surface area (Å²) >= 11 is 0. The molecule has 0 unspecified atom stereocenters. The van der Waals surface area contributed by atoms with Crippen LogP contribution in [0.1, 0.15) is 17.5 Å². The number of hydrogen-bond donors (Lipinski definition) is 2. The van der Waals surface area contributed by atoms with Crippen LogP contribution in [-0.2, 0) is 22.5 Å². The minimum Gasteiger partial charge on any atom is -0.494 e. The molecule has 0 radical (unpaired) electrons. The maximum absolute atomic E-state index is 11.9. The van der Waals surface area contributed by atoms with Gasteiger partial charge in [0.25, 0.3) is 0 Å². The van der Waals surface area contributed by atoms with Gasteiger partial charge < -0.3 is 19.5 Å². The molecule has 146 valence electrons. The fraction of sp³-hybridized carbons (Fsp3) is 0.333. The average molecular weight is 381 g/mol. The highest BCUT2D eigenvalue weighted by molar-refractivity contribution is 5.94. The number of fused-ring (bicyclic) bond motifs is 4. The number of aromatic amines is 1. The van der Waals surface area contributed by atoms with Crippen molar-refractivity contribution in [3.05, 3.63) is 47.5 Å². The summed E-state index contributed by atoms with van der Waals surface area (Å²) < 4.78 is 16.4. The van der Waals surface area contributed by atoms with Crippen LogP contribution in [0.5, 0.6) is 5.75 Å². The number of rotatable bonds is 3. The van der Waals surface area contributed by atoms with Crippen molar-refractivity contribution in [1.29, 1.82) is 0 Å². The molecule has 0 saturated carbocycles. The Balaban J connectivity index is 1.79. The molecule has 2 heterocycles. The van der Waals surface area contributed by atoms with E-state index in [0.29, 0.717) is 26.2 Å². The summed E-state index contributed by atoms with van der Waals surface area (Å²) in [5.74, 6) is 0.781. The molecule has 1 aliphatic rings. The van der Waals surface area contributed by atoms with E-state index in [1.54, 1.807) is 7.11 Å². The molecule has 0 atom stereocenters. The van der Waals surface area contributed by atoms with E-state index >= 15 is 0 Å². The van der Waals surface area contributed by atoms with Gasteiger partial charge in [-0.05, 0) is 54.3 Å². The van der Waals surface area contributed by atoms with E-state index in [0.717, 1.165) is 45.5 Å². The second-order valence-electron chi connectivity index (χ2n) is 6.77. The SMILES string of the molecule is COCCc1cc2cc(c1)-c1n[nH]c3ccc(cc13)OCCCNC(=O)OC2. The van der Waals surface area contributed by atoms with Gasteiger partial charge in [-0.15, -0.1) is 0 Å². The van der Waals surface area contributed by atoms with Crippen LogP contribution in [0, 0.1) is 0 Å². The second-order valence-corrected chi connectivity index (χ2v) is 6.77. The first-order chi connectivity index (χ1) is 13.7. The molecule has 0 aliphatic carbocycles. The van der Waals surface area contributed by atoms with Crippen molar-refractivity contribution in [3.63, 3.8) is 0 Å². The lowest BCUT2D eigenvalue weighted by molar-refractivity contribution is 0.139. The fourth-order valence-electron chi connectivity index (χ4n) is 3.30. The number of methoxy groups -OCH3 is 1. The molecule has 0 fully saturated rings. The maximum Gasteiger partial charge on any atom is 0.407 e. The van der Waals surface area contributed by atoms with Crippen molar-refractivity contribution in [3.8, 4) is 17.0 Å². The zero-order valence-electron chi connectivity index (χ0n) is 15.8. The highest BCUT2D eigenvalue weighted by atomic mass is 16.5. The lowest BCUT2D eigenvalue weighted by atomic mass is 10.00. The molecular weight excluding hydrogens is 358 g/mol. The summed E-state index contributed by atoms with van der Waals surface area (Å²) in [5.41, 5.74) is 4.78. The Hall–Kier alpha value is -3.06. The predicted octanol–water partition coefficient (Wildman–Crippen LogP) is 3.43. The standard InChI is InChI=1S/C21H23N3O4/c1-26-8-5-14-9-15-11-16(10-14)20-18-12-17(3-4-19(18)23-24-20)27-7-2-6-22-21(25)28-13-15/h3-4,9-12H,2,5-8,13H2,1H3,(H,22,25)(H,23,24). The Kier molecular flexibility index (Phi) is 5.43. The molecule has 7 nitrogen and oxygen atoms in total. The topological polar surface area (TPSA) is 85.5 Å². The highest BCUT2D eigenvalue weighted by Gasteiger charge is 2.13. The number of benzene rings is 2. The quantitative estimate of drug-likeness (QED) is 0.726. The van der Waals surface area contributed by atoms with Gasteiger partial charge in [0.1, 0.15) is 18.1 Å². The largest absolute Gasteiger partial charge is 0.494 e. The van der Waals surface area contributed by atoms with E-state index in [2.05, 4.69) is 21.6 Å². The predicted molar refractivity (Wildman–Crippen MR) is 105 cm³/mol. The normalized spacial score (nSPS) is 14.7. The molecule has 3 aromatic rings. The number of amides is 1. The number of carbonyl (C=O) groups is 1. The van der Waals surface area contributed by atoms with E-state index in [9.17, 15) is 4.79 Å². The summed E-state index contributed by atoms with van der Waals surface area (Å²) in [6.45, 7) is 1.82. The van der Waals surface area contributed by atoms with Crippen LogP contribution in [-0.4, -0.2) is 43.2 Å². The van der Waals surface area contributed by atoms with Gasteiger partial charge in [-0.2, -0.15) is 5.10 Å². The number of nitrogens with one attached hydrogen (secondary N) is 2. The zero-order chi connectivity index (χ0) is 19.3. The second kappa shape index (κ2) is 8.31. The molecule has 0 spiro atoms. The molecule has 1 aliphatic heterocycles. The summed E-state index contributed by atoms with van der Waals surface area (Å²) in [6.07, 6.45) is 1.03. The van der Waals surface area contributed by atoms with Gasteiger partial charge in [0.2, 0.25) is 0 Å². The molecule has 7 heteroatoms. The van der Waals surface area contributed by atoms with E-state index in [1.807, 2.05) is 30.3 Å². The summed E-state index contributed by atoms with van der Waals surface area (Å²) in [7, 11) is 1.68. The Morgan fingerprint density at radius 3 is 3.00 bits per heavy atom. The Morgan fingerprint density at radius 2 is 2.11 bits per heavy atom. The van der Waals surface area contributed by atoms with E-state index in [4.69, 9.17) is 14.2 Å². The van der Waals surface area contributed by atoms with Crippen molar-refractivity contribution in [2.75, 3.05) is 26.9 Å². The van der Waals surface area contributed by atoms with Crippen molar-refractivity contribution in [2.45, 2.75) is 19.4 Å². The lowest BCUT2D eigenvalue weighted by Crippen LogP contribution is -2.26. The third-order valence-corrected chi connectivity index (χ3v) is 4.68. The van der Waals surface area contributed by atoms with E-state index < -0.39 is 6.09 Å². The number of aromatic nitrogens is 2. The van der Waals surface area contributed by atoms with Gasteiger partial charge in [-0.25, -0.2) is 4.79 Å². The first-order valence-corrected chi connectivity index (χ1v) is 9.36. The molecule has 28 heavy (non-hydrogen) atoms. The Bertz CT molecular complexity index is 983. The van der Waals surface area contributed by atoms with Crippen LogP contribution in [0.15, 0.2) is 36.4 Å². The minimum atomic E-state index is -0.429. The molecule has 2 N–H and O–H groups in total. The van der Waals surface area contributed by atoms with Gasteiger partial charge in [0.05, 0.1) is 18.7 Å². The molecule has 1 aromatic heterocycles. The van der Waals surface area contributed by atoms with Crippen LogP contribution in [0.4, 0.5) is 4.79 Å². The third-order valence-electron chi connectivity index (χ3n) is 4.68. The van der Waals surface area contributed by atoms with Gasteiger partial charge in [0.15, 0.2) is 0 Å². The first kappa shape index (κ1) is 18.3. The van der Waals surface area contributed by atoms with Crippen LogP contribution in [0.25, 0.3) is 22.2 Å². The van der Waals surface area contributed by atoms with Crippen molar-refractivity contribution >= 4 is 17.0 Å². The number of carbonyl (C=O) groups excluding carboxylic acids is 1. The van der Waals surface area contributed by atoms with E-state index in [-0.39, 0.29) is 6.61 Å². The van der Waals surface area contributed by atoms with Crippen molar-refractivity contribution < 1.29 is 19.0 Å². The zero-order valence-corrected chi connectivity index (χ0v) is 15.8. The first-order valence-electron chi connectivity index (χ1n) is 9.36. The van der Waals surface area contributed by atoms with Crippen LogP contribution in [0.2, 0.25) is 0 Å². The van der Waals surface area contributed by atoms with Gasteiger partial charge >= 0.3 is 6.09 Å². The van der Waals surface area contributed by atoms with Crippen LogP contribution < -0.4 is 10.1 Å². The number of cyclic esters (lactones) is 1.